The van der Waals surface area contributed by atoms with E-state index >= 15 is 0 Å². The number of rotatable bonds is 5. The van der Waals surface area contributed by atoms with E-state index in [1.54, 1.807) is 9.58 Å². The van der Waals surface area contributed by atoms with Gasteiger partial charge >= 0.3 is 0 Å². The number of halogens is 1. The number of nitrogens with zero attached hydrogens (tertiary/aromatic N) is 5. The predicted molar refractivity (Wildman–Crippen MR) is 128 cm³/mol. The Labute approximate surface area is 202 Å². The molecule has 8 nitrogen and oxygen atoms in total. The van der Waals surface area contributed by atoms with Crippen molar-refractivity contribution in [2.24, 2.45) is 0 Å². The Hall–Kier alpha value is -3.89. The Kier molecular flexibility index (Phi) is 6.14. The molecule has 10 heteroatoms. The van der Waals surface area contributed by atoms with E-state index in [-0.39, 0.29) is 42.8 Å². The van der Waals surface area contributed by atoms with Gasteiger partial charge in [0.1, 0.15) is 5.82 Å². The van der Waals surface area contributed by atoms with Gasteiger partial charge in [0.25, 0.3) is 5.91 Å². The molecule has 0 unspecified atom stereocenters. The molecule has 0 saturated carbocycles. The molecule has 1 fully saturated rings. The zero-order valence-corrected chi connectivity index (χ0v) is 19.5. The Morgan fingerprint density at radius 3 is 2.03 bits per heavy atom. The number of sulfonamides is 1. The third-order valence-electron chi connectivity index (χ3n) is 5.81. The Morgan fingerprint density at radius 1 is 0.800 bits per heavy atom. The number of carbonyl (C=O) groups is 1. The summed E-state index contributed by atoms with van der Waals surface area (Å²) >= 11 is 0. The molecule has 0 atom stereocenters. The van der Waals surface area contributed by atoms with Gasteiger partial charge < -0.3 is 4.90 Å². The van der Waals surface area contributed by atoms with E-state index in [1.807, 2.05) is 60.7 Å². The van der Waals surface area contributed by atoms with Crippen molar-refractivity contribution in [2.45, 2.75) is 4.90 Å². The molecule has 1 aliphatic heterocycles. The third kappa shape index (κ3) is 4.58. The largest absolute Gasteiger partial charge is 0.333 e. The Bertz CT molecular complexity index is 1380. The summed E-state index contributed by atoms with van der Waals surface area (Å²) in [4.78, 5) is 19.4. The van der Waals surface area contributed by atoms with Crippen molar-refractivity contribution < 1.29 is 17.6 Å². The van der Waals surface area contributed by atoms with Gasteiger partial charge in [0.05, 0.1) is 10.6 Å². The highest BCUT2D eigenvalue weighted by Crippen LogP contribution is 2.23. The van der Waals surface area contributed by atoms with Crippen LogP contribution in [0.3, 0.4) is 0 Å². The molecule has 0 bridgehead atoms. The predicted octanol–water partition coefficient (Wildman–Crippen LogP) is 3.22. The maximum Gasteiger partial charge on any atom is 0.293 e. The van der Waals surface area contributed by atoms with Gasteiger partial charge in [0, 0.05) is 31.7 Å². The number of hydrogen-bond acceptors (Lipinski definition) is 5. The van der Waals surface area contributed by atoms with Crippen LogP contribution in [0.15, 0.2) is 89.8 Å². The second-order valence-electron chi connectivity index (χ2n) is 8.02. The molecule has 0 spiro atoms. The van der Waals surface area contributed by atoms with Crippen molar-refractivity contribution in [3.8, 4) is 17.1 Å². The summed E-state index contributed by atoms with van der Waals surface area (Å²) in [6.07, 6.45) is 0. The molecular formula is C25H22FN5O3S. The van der Waals surface area contributed by atoms with Gasteiger partial charge in [-0.05, 0) is 36.4 Å². The second kappa shape index (κ2) is 9.40. The summed E-state index contributed by atoms with van der Waals surface area (Å²) in [5.41, 5.74) is 1.59. The molecule has 178 valence electrons. The summed E-state index contributed by atoms with van der Waals surface area (Å²) in [5, 5.41) is 4.50. The summed E-state index contributed by atoms with van der Waals surface area (Å²) in [6.45, 7) is 0.631. The minimum absolute atomic E-state index is 0.0226. The first-order valence-electron chi connectivity index (χ1n) is 11.1. The molecule has 4 aromatic rings. The van der Waals surface area contributed by atoms with Crippen LogP contribution in [0, 0.1) is 5.82 Å². The molecule has 2 heterocycles. The van der Waals surface area contributed by atoms with E-state index in [1.165, 1.54) is 16.4 Å². The van der Waals surface area contributed by atoms with Crippen LogP contribution in [0.5, 0.6) is 0 Å². The molecule has 1 aliphatic rings. The SMILES string of the molecule is O=C(c1nc(-c2ccccc2)n(-c2ccccc2)n1)N1CCN(S(=O)(=O)c2ccc(F)cc2)CC1. The maximum atomic E-state index is 13.3. The fourth-order valence-corrected chi connectivity index (χ4v) is 5.38. The smallest absolute Gasteiger partial charge is 0.293 e. The van der Waals surface area contributed by atoms with Crippen LogP contribution in [0.4, 0.5) is 4.39 Å². The first kappa shape index (κ1) is 22.9. The van der Waals surface area contributed by atoms with Gasteiger partial charge in [0.2, 0.25) is 15.8 Å². The van der Waals surface area contributed by atoms with Gasteiger partial charge in [0.15, 0.2) is 5.82 Å². The van der Waals surface area contributed by atoms with E-state index in [4.69, 9.17) is 0 Å². The molecule has 5 rings (SSSR count). The van der Waals surface area contributed by atoms with Crippen LogP contribution in [-0.4, -0.2) is 64.5 Å². The first-order chi connectivity index (χ1) is 16.9. The lowest BCUT2D eigenvalue weighted by Crippen LogP contribution is -2.50. The quantitative estimate of drug-likeness (QED) is 0.428. The molecule has 0 aliphatic carbocycles. The van der Waals surface area contributed by atoms with E-state index in [0.717, 1.165) is 23.4 Å². The Morgan fingerprint density at radius 2 is 1.40 bits per heavy atom. The monoisotopic (exact) mass is 491 g/mol. The zero-order valence-electron chi connectivity index (χ0n) is 18.7. The molecule has 3 aromatic carbocycles. The van der Waals surface area contributed by atoms with Gasteiger partial charge in [-0.1, -0.05) is 48.5 Å². The normalized spacial score (nSPS) is 14.7. The van der Waals surface area contributed by atoms with Crippen molar-refractivity contribution >= 4 is 15.9 Å². The highest BCUT2D eigenvalue weighted by Gasteiger charge is 2.32. The summed E-state index contributed by atoms with van der Waals surface area (Å²) in [7, 11) is -3.77. The average Bonchev–Trinajstić information content (AvgIpc) is 3.35. The lowest BCUT2D eigenvalue weighted by Gasteiger charge is -2.33. The first-order valence-corrected chi connectivity index (χ1v) is 12.5. The molecular weight excluding hydrogens is 469 g/mol. The third-order valence-corrected chi connectivity index (χ3v) is 7.72. The fourth-order valence-electron chi connectivity index (χ4n) is 3.95. The molecule has 1 aromatic heterocycles. The van der Waals surface area contributed by atoms with Crippen molar-refractivity contribution in [1.29, 1.82) is 0 Å². The summed E-state index contributed by atoms with van der Waals surface area (Å²) in [5.74, 6) is -0.285. The van der Waals surface area contributed by atoms with E-state index in [0.29, 0.717) is 5.82 Å². The minimum Gasteiger partial charge on any atom is -0.333 e. The fraction of sp³-hybridized carbons (Fsp3) is 0.160. The number of hydrogen-bond donors (Lipinski definition) is 0. The average molecular weight is 492 g/mol. The van der Waals surface area contributed by atoms with Crippen LogP contribution in [0.25, 0.3) is 17.1 Å². The van der Waals surface area contributed by atoms with Gasteiger partial charge in [-0.3, -0.25) is 4.79 Å². The maximum absolute atomic E-state index is 13.3. The van der Waals surface area contributed by atoms with Crippen LogP contribution in [0.1, 0.15) is 10.6 Å². The van der Waals surface area contributed by atoms with E-state index in [9.17, 15) is 17.6 Å². The highest BCUT2D eigenvalue weighted by atomic mass is 32.2. The van der Waals surface area contributed by atoms with Crippen LogP contribution in [-0.2, 0) is 10.0 Å². The standard InChI is InChI=1S/C25H22FN5O3S/c26-20-11-13-22(14-12-20)35(33,34)30-17-15-29(16-18-30)25(32)23-27-24(19-7-3-1-4-8-19)31(28-23)21-9-5-2-6-10-21/h1-14H,15-18H2. The number of amides is 1. The molecule has 1 amide bonds. The summed E-state index contributed by atoms with van der Waals surface area (Å²) < 4.78 is 41.9. The molecule has 35 heavy (non-hydrogen) atoms. The van der Waals surface area contributed by atoms with Crippen molar-refractivity contribution in [3.05, 3.63) is 96.6 Å². The molecule has 1 saturated heterocycles. The lowest BCUT2D eigenvalue weighted by atomic mass is 10.2. The number of para-hydroxylation sites is 1. The lowest BCUT2D eigenvalue weighted by molar-refractivity contribution is 0.0685. The van der Waals surface area contributed by atoms with E-state index in [2.05, 4.69) is 10.1 Å². The highest BCUT2D eigenvalue weighted by molar-refractivity contribution is 7.89. The molecule has 0 N–H and O–H groups in total. The van der Waals surface area contributed by atoms with Gasteiger partial charge in [-0.25, -0.2) is 22.5 Å². The van der Waals surface area contributed by atoms with Crippen molar-refractivity contribution in [1.82, 2.24) is 24.0 Å². The van der Waals surface area contributed by atoms with Crippen LogP contribution in [0.2, 0.25) is 0 Å². The minimum atomic E-state index is -3.77. The topological polar surface area (TPSA) is 88.4 Å². The number of piperazine rings is 1. The number of aromatic nitrogens is 3. The van der Waals surface area contributed by atoms with Gasteiger partial charge in [-0.15, -0.1) is 5.10 Å². The van der Waals surface area contributed by atoms with Crippen LogP contribution < -0.4 is 0 Å². The van der Waals surface area contributed by atoms with Crippen LogP contribution >= 0.6 is 0 Å². The summed E-state index contributed by atoms with van der Waals surface area (Å²) in [6, 6.07) is 23.6. The van der Waals surface area contributed by atoms with Gasteiger partial charge in [-0.2, -0.15) is 4.31 Å². The zero-order chi connectivity index (χ0) is 24.4. The number of benzene rings is 3. The number of carbonyl (C=O) groups excluding carboxylic acids is 1. The van der Waals surface area contributed by atoms with Crippen molar-refractivity contribution in [2.75, 3.05) is 26.2 Å². The van der Waals surface area contributed by atoms with Crippen molar-refractivity contribution in [3.63, 3.8) is 0 Å². The van der Waals surface area contributed by atoms with E-state index < -0.39 is 15.8 Å². The second-order valence-corrected chi connectivity index (χ2v) is 9.96. The molecule has 0 radical (unpaired) electrons. The Balaban J connectivity index is 1.37.